The standard InChI is InChI=1S/C17H18N2O3/c1-18-6-2-4-10-8-12-15-11(14(10)18)5-3-7-19(15)9-13(16(12)20)17(21)22/h8-9H,2-7H2,1H3,(H,21,22). The predicted molar refractivity (Wildman–Crippen MR) is 85.1 cm³/mol. The summed E-state index contributed by atoms with van der Waals surface area (Å²) in [5, 5.41) is 9.86. The molecule has 0 fully saturated rings. The molecule has 0 bridgehead atoms. The summed E-state index contributed by atoms with van der Waals surface area (Å²) < 4.78 is 1.96. The highest BCUT2D eigenvalue weighted by Gasteiger charge is 2.26. The summed E-state index contributed by atoms with van der Waals surface area (Å²) in [4.78, 5) is 26.2. The quantitative estimate of drug-likeness (QED) is 0.875. The lowest BCUT2D eigenvalue weighted by atomic mass is 9.90. The molecule has 1 N–H and O–H groups in total. The molecule has 0 saturated heterocycles. The van der Waals surface area contributed by atoms with E-state index in [0.29, 0.717) is 5.39 Å². The van der Waals surface area contributed by atoms with E-state index < -0.39 is 5.97 Å². The van der Waals surface area contributed by atoms with E-state index >= 15 is 0 Å². The van der Waals surface area contributed by atoms with Gasteiger partial charge in [-0.15, -0.1) is 0 Å². The van der Waals surface area contributed by atoms with E-state index in [1.165, 1.54) is 23.0 Å². The van der Waals surface area contributed by atoms with E-state index in [-0.39, 0.29) is 11.0 Å². The number of fused-ring (bicyclic) bond motifs is 2. The highest BCUT2D eigenvalue weighted by molar-refractivity contribution is 5.96. The number of hydrogen-bond acceptors (Lipinski definition) is 3. The van der Waals surface area contributed by atoms with Gasteiger partial charge in [0.15, 0.2) is 0 Å². The first-order chi connectivity index (χ1) is 10.6. The number of carbonyl (C=O) groups is 1. The van der Waals surface area contributed by atoms with Crippen molar-refractivity contribution in [1.82, 2.24) is 4.57 Å². The molecule has 0 amide bonds. The van der Waals surface area contributed by atoms with Crippen molar-refractivity contribution in [2.75, 3.05) is 18.5 Å². The second-order valence-electron chi connectivity index (χ2n) is 6.26. The molecule has 2 aliphatic heterocycles. The first-order valence-corrected chi connectivity index (χ1v) is 7.74. The molecule has 0 unspecified atom stereocenters. The fraction of sp³-hybridized carbons (Fsp3) is 0.412. The van der Waals surface area contributed by atoms with Crippen LogP contribution in [0.3, 0.4) is 0 Å². The lowest BCUT2D eigenvalue weighted by molar-refractivity contribution is 0.0694. The fourth-order valence-electron chi connectivity index (χ4n) is 3.98. The van der Waals surface area contributed by atoms with Gasteiger partial charge in [0.25, 0.3) is 0 Å². The van der Waals surface area contributed by atoms with Crippen molar-refractivity contribution in [1.29, 1.82) is 0 Å². The van der Waals surface area contributed by atoms with E-state index in [9.17, 15) is 14.7 Å². The normalized spacial score (nSPS) is 16.7. The Morgan fingerprint density at radius 3 is 2.77 bits per heavy atom. The number of pyridine rings is 1. The molecule has 2 aliphatic rings. The molecule has 1 aromatic carbocycles. The third-order valence-electron chi connectivity index (χ3n) is 4.89. The Bertz CT molecular complexity index is 867. The molecule has 0 radical (unpaired) electrons. The molecule has 4 rings (SSSR count). The van der Waals surface area contributed by atoms with Crippen LogP contribution in [0.2, 0.25) is 0 Å². The first-order valence-electron chi connectivity index (χ1n) is 7.74. The summed E-state index contributed by atoms with van der Waals surface area (Å²) in [5.41, 5.74) is 4.13. The van der Waals surface area contributed by atoms with E-state index in [2.05, 4.69) is 11.9 Å². The van der Waals surface area contributed by atoms with Crippen LogP contribution in [-0.4, -0.2) is 29.2 Å². The van der Waals surface area contributed by atoms with E-state index in [1.807, 2.05) is 10.6 Å². The average molecular weight is 298 g/mol. The number of nitrogens with zero attached hydrogens (tertiary/aromatic N) is 2. The van der Waals surface area contributed by atoms with Crippen molar-refractivity contribution in [3.63, 3.8) is 0 Å². The number of aromatic nitrogens is 1. The van der Waals surface area contributed by atoms with Gasteiger partial charge in [-0.05, 0) is 37.3 Å². The van der Waals surface area contributed by atoms with Gasteiger partial charge in [0.05, 0.1) is 5.52 Å². The molecule has 5 heteroatoms. The number of carboxylic acids is 1. The summed E-state index contributed by atoms with van der Waals surface area (Å²) in [6.07, 6.45) is 5.48. The number of aryl methyl sites for hydroxylation is 3. The predicted octanol–water partition coefficient (Wildman–Crippen LogP) is 2.03. The number of hydrogen-bond donors (Lipinski definition) is 1. The van der Waals surface area contributed by atoms with Gasteiger partial charge in [0.2, 0.25) is 5.43 Å². The Morgan fingerprint density at radius 2 is 2.00 bits per heavy atom. The maximum absolute atomic E-state index is 12.6. The van der Waals surface area contributed by atoms with E-state index in [4.69, 9.17) is 0 Å². The van der Waals surface area contributed by atoms with Crippen LogP contribution in [0.15, 0.2) is 17.1 Å². The molecule has 1 aromatic heterocycles. The largest absolute Gasteiger partial charge is 0.477 e. The third-order valence-corrected chi connectivity index (χ3v) is 4.89. The molecule has 2 aromatic rings. The van der Waals surface area contributed by atoms with Crippen molar-refractivity contribution in [3.05, 3.63) is 39.2 Å². The van der Waals surface area contributed by atoms with Gasteiger partial charge in [0.1, 0.15) is 5.56 Å². The molecule has 22 heavy (non-hydrogen) atoms. The smallest absolute Gasteiger partial charge is 0.341 e. The number of anilines is 1. The highest BCUT2D eigenvalue weighted by Crippen LogP contribution is 2.37. The molecular formula is C17H18N2O3. The zero-order valence-electron chi connectivity index (χ0n) is 12.6. The number of benzene rings is 1. The Balaban J connectivity index is 2.17. The number of rotatable bonds is 1. The molecular weight excluding hydrogens is 280 g/mol. The maximum atomic E-state index is 12.6. The van der Waals surface area contributed by atoms with Crippen LogP contribution in [0.1, 0.15) is 34.3 Å². The molecule has 5 nitrogen and oxygen atoms in total. The molecule has 3 heterocycles. The van der Waals surface area contributed by atoms with Crippen LogP contribution in [0, 0.1) is 0 Å². The summed E-state index contributed by atoms with van der Waals surface area (Å²) >= 11 is 0. The zero-order valence-corrected chi connectivity index (χ0v) is 12.6. The Labute approximate surface area is 127 Å². The van der Waals surface area contributed by atoms with Crippen molar-refractivity contribution in [3.8, 4) is 0 Å². The van der Waals surface area contributed by atoms with Crippen LogP contribution in [0.25, 0.3) is 10.9 Å². The van der Waals surface area contributed by atoms with Crippen LogP contribution in [-0.2, 0) is 19.4 Å². The topological polar surface area (TPSA) is 62.5 Å². The van der Waals surface area contributed by atoms with Gasteiger partial charge in [-0.25, -0.2) is 4.79 Å². The third kappa shape index (κ3) is 1.71. The molecule has 0 atom stereocenters. The number of carboxylic acid groups (broad SMARTS) is 1. The second-order valence-corrected chi connectivity index (χ2v) is 6.26. The molecule has 0 aliphatic carbocycles. The fourth-order valence-corrected chi connectivity index (χ4v) is 3.98. The van der Waals surface area contributed by atoms with Crippen LogP contribution in [0.4, 0.5) is 5.69 Å². The Morgan fingerprint density at radius 1 is 1.23 bits per heavy atom. The molecule has 0 saturated carbocycles. The minimum atomic E-state index is -1.14. The van der Waals surface area contributed by atoms with Crippen LogP contribution < -0.4 is 10.3 Å². The van der Waals surface area contributed by atoms with E-state index in [1.54, 1.807) is 0 Å². The average Bonchev–Trinajstić information content (AvgIpc) is 2.50. The summed E-state index contributed by atoms with van der Waals surface area (Å²) in [7, 11) is 2.10. The van der Waals surface area contributed by atoms with E-state index in [0.717, 1.165) is 44.3 Å². The van der Waals surface area contributed by atoms with Gasteiger partial charge >= 0.3 is 5.97 Å². The van der Waals surface area contributed by atoms with Gasteiger partial charge < -0.3 is 14.6 Å². The SMILES string of the molecule is CN1CCCc2cc3c(=O)c(C(=O)O)cn4c3c(c21)CCC4. The summed E-state index contributed by atoms with van der Waals surface area (Å²) in [6, 6.07) is 1.93. The van der Waals surface area contributed by atoms with Crippen molar-refractivity contribution in [2.24, 2.45) is 0 Å². The van der Waals surface area contributed by atoms with Gasteiger partial charge in [-0.3, -0.25) is 4.79 Å². The van der Waals surface area contributed by atoms with Gasteiger partial charge in [0, 0.05) is 43.0 Å². The second kappa shape index (κ2) is 4.60. The Kier molecular flexibility index (Phi) is 2.79. The van der Waals surface area contributed by atoms with Crippen LogP contribution >= 0.6 is 0 Å². The zero-order chi connectivity index (χ0) is 15.4. The first kappa shape index (κ1) is 13.4. The molecule has 0 spiro atoms. The van der Waals surface area contributed by atoms with Crippen molar-refractivity contribution >= 4 is 22.6 Å². The summed E-state index contributed by atoms with van der Waals surface area (Å²) in [5.74, 6) is -1.14. The monoisotopic (exact) mass is 298 g/mol. The lowest BCUT2D eigenvalue weighted by Crippen LogP contribution is -2.29. The van der Waals surface area contributed by atoms with Crippen molar-refractivity contribution < 1.29 is 9.90 Å². The van der Waals surface area contributed by atoms with Gasteiger partial charge in [-0.2, -0.15) is 0 Å². The Hall–Kier alpha value is -2.30. The van der Waals surface area contributed by atoms with Crippen molar-refractivity contribution in [2.45, 2.75) is 32.2 Å². The maximum Gasteiger partial charge on any atom is 0.341 e. The highest BCUT2D eigenvalue weighted by atomic mass is 16.4. The lowest BCUT2D eigenvalue weighted by Gasteiger charge is -2.33. The molecule has 114 valence electrons. The van der Waals surface area contributed by atoms with Gasteiger partial charge in [-0.1, -0.05) is 0 Å². The summed E-state index contributed by atoms with van der Waals surface area (Å²) in [6.45, 7) is 1.80. The van der Waals surface area contributed by atoms with Crippen LogP contribution in [0.5, 0.6) is 0 Å². The number of aromatic carboxylic acids is 1. The minimum absolute atomic E-state index is 0.121. The minimum Gasteiger partial charge on any atom is -0.477 e.